The molecule has 0 bridgehead atoms. The summed E-state index contributed by atoms with van der Waals surface area (Å²) in [6.45, 7) is 11.0. The summed E-state index contributed by atoms with van der Waals surface area (Å²) in [6, 6.07) is 10.1. The van der Waals surface area contributed by atoms with Gasteiger partial charge in [0.05, 0.1) is 23.7 Å². The van der Waals surface area contributed by atoms with E-state index in [2.05, 4.69) is 33.5 Å². The fraction of sp³-hybridized carbons (Fsp3) is 0.478. The van der Waals surface area contributed by atoms with Crippen molar-refractivity contribution in [3.8, 4) is 0 Å². The first-order chi connectivity index (χ1) is 15.2. The molecule has 1 aromatic heterocycles. The number of piperazine rings is 1. The lowest BCUT2D eigenvalue weighted by molar-refractivity contribution is -0.117. The number of rotatable bonds is 9. The van der Waals surface area contributed by atoms with Crippen LogP contribution < -0.4 is 5.43 Å². The third-order valence-electron chi connectivity index (χ3n) is 5.76. The predicted octanol–water partition coefficient (Wildman–Crippen LogP) is 2.54. The van der Waals surface area contributed by atoms with Gasteiger partial charge >= 0.3 is 0 Å². The van der Waals surface area contributed by atoms with Crippen molar-refractivity contribution in [1.29, 1.82) is 0 Å². The van der Waals surface area contributed by atoms with Crippen LogP contribution >= 0.6 is 0 Å². The third-order valence-corrected chi connectivity index (χ3v) is 8.03. The molecule has 8 nitrogen and oxygen atoms in total. The Labute approximate surface area is 191 Å². The van der Waals surface area contributed by atoms with Crippen molar-refractivity contribution in [3.05, 3.63) is 58.9 Å². The van der Waals surface area contributed by atoms with Crippen molar-refractivity contribution in [1.82, 2.24) is 19.2 Å². The number of benzene rings is 1. The summed E-state index contributed by atoms with van der Waals surface area (Å²) in [4.78, 5) is 18.2. The Bertz CT molecular complexity index is 1020. The lowest BCUT2D eigenvalue weighted by Crippen LogP contribution is -2.49. The second-order valence-electron chi connectivity index (χ2n) is 8.56. The number of amides is 1. The highest BCUT2D eigenvalue weighted by atomic mass is 32.2. The first-order valence-corrected chi connectivity index (χ1v) is 12.4. The van der Waals surface area contributed by atoms with Gasteiger partial charge in [-0.1, -0.05) is 18.2 Å². The van der Waals surface area contributed by atoms with Gasteiger partial charge in [-0.3, -0.25) is 25.1 Å². The zero-order valence-corrected chi connectivity index (χ0v) is 20.1. The summed E-state index contributed by atoms with van der Waals surface area (Å²) in [6.07, 6.45) is 2.48. The van der Waals surface area contributed by atoms with Crippen LogP contribution in [-0.4, -0.2) is 65.5 Å². The SMILES string of the molecule is Cc1ccc(NN(C=O)Cc2cc(CN3CCN(S(=O)(=O)C(C)C)CC3)ccc2C)cn1. The Morgan fingerprint density at radius 1 is 1.12 bits per heavy atom. The minimum absolute atomic E-state index is 0.390. The molecule has 1 fully saturated rings. The van der Waals surface area contributed by atoms with Crippen LogP contribution in [0.4, 0.5) is 5.69 Å². The van der Waals surface area contributed by atoms with Crippen LogP contribution in [0.3, 0.4) is 0 Å². The minimum atomic E-state index is -3.20. The average Bonchev–Trinajstić information content (AvgIpc) is 2.77. The van der Waals surface area contributed by atoms with Crippen LogP contribution in [0.5, 0.6) is 0 Å². The van der Waals surface area contributed by atoms with Crippen molar-refractivity contribution in [2.24, 2.45) is 0 Å². The quantitative estimate of drug-likeness (QED) is 0.458. The lowest BCUT2D eigenvalue weighted by atomic mass is 10.0. The molecule has 32 heavy (non-hydrogen) atoms. The maximum Gasteiger partial charge on any atom is 0.228 e. The van der Waals surface area contributed by atoms with E-state index < -0.39 is 15.3 Å². The van der Waals surface area contributed by atoms with Crippen LogP contribution in [-0.2, 0) is 27.9 Å². The van der Waals surface area contributed by atoms with Crippen LogP contribution in [0.25, 0.3) is 0 Å². The summed E-state index contributed by atoms with van der Waals surface area (Å²) >= 11 is 0. The van der Waals surface area contributed by atoms with Crippen molar-refractivity contribution >= 4 is 22.1 Å². The van der Waals surface area contributed by atoms with Gasteiger partial charge in [-0.05, 0) is 56.5 Å². The van der Waals surface area contributed by atoms with Crippen LogP contribution in [0, 0.1) is 13.8 Å². The maximum absolute atomic E-state index is 12.4. The number of carbonyl (C=O) groups excluding carboxylic acids is 1. The van der Waals surface area contributed by atoms with E-state index in [4.69, 9.17) is 0 Å². The Morgan fingerprint density at radius 3 is 2.44 bits per heavy atom. The number of hydrogen-bond donors (Lipinski definition) is 1. The van der Waals surface area contributed by atoms with Crippen molar-refractivity contribution < 1.29 is 13.2 Å². The molecule has 0 aliphatic carbocycles. The largest absolute Gasteiger partial charge is 0.296 e. The molecule has 2 heterocycles. The molecular weight excluding hydrogens is 426 g/mol. The molecule has 1 aliphatic rings. The van der Waals surface area contributed by atoms with Gasteiger partial charge in [0, 0.05) is 38.4 Å². The Balaban J connectivity index is 1.62. The Kier molecular flexibility index (Phi) is 7.86. The number of hydrazine groups is 1. The number of sulfonamides is 1. The Hall–Kier alpha value is -2.49. The third kappa shape index (κ3) is 6.05. The van der Waals surface area contributed by atoms with Crippen molar-refractivity contribution in [2.75, 3.05) is 31.6 Å². The van der Waals surface area contributed by atoms with E-state index >= 15 is 0 Å². The van der Waals surface area contributed by atoms with E-state index in [-0.39, 0.29) is 0 Å². The topological polar surface area (TPSA) is 85.9 Å². The summed E-state index contributed by atoms with van der Waals surface area (Å²) in [5.74, 6) is 0. The number of anilines is 1. The monoisotopic (exact) mass is 459 g/mol. The number of nitrogens with one attached hydrogen (secondary N) is 1. The number of aromatic nitrogens is 1. The highest BCUT2D eigenvalue weighted by molar-refractivity contribution is 7.89. The zero-order valence-electron chi connectivity index (χ0n) is 19.3. The molecule has 9 heteroatoms. The molecular formula is C23H33N5O3S. The smallest absolute Gasteiger partial charge is 0.228 e. The fourth-order valence-corrected chi connectivity index (χ4v) is 4.95. The second kappa shape index (κ2) is 10.4. The van der Waals surface area contributed by atoms with Gasteiger partial charge in [-0.2, -0.15) is 4.31 Å². The minimum Gasteiger partial charge on any atom is -0.296 e. The molecule has 0 spiro atoms. The van der Waals surface area contributed by atoms with Gasteiger partial charge in [0.25, 0.3) is 0 Å². The Morgan fingerprint density at radius 2 is 1.84 bits per heavy atom. The van der Waals surface area contributed by atoms with Gasteiger partial charge in [0.2, 0.25) is 16.4 Å². The molecule has 174 valence electrons. The summed E-state index contributed by atoms with van der Waals surface area (Å²) in [5, 5.41) is 1.12. The van der Waals surface area contributed by atoms with E-state index in [0.29, 0.717) is 32.7 Å². The van der Waals surface area contributed by atoms with E-state index in [0.717, 1.165) is 41.0 Å². The zero-order chi connectivity index (χ0) is 23.3. The number of hydrogen-bond acceptors (Lipinski definition) is 6. The lowest BCUT2D eigenvalue weighted by Gasteiger charge is -2.35. The number of carbonyl (C=O) groups is 1. The summed E-state index contributed by atoms with van der Waals surface area (Å²) in [7, 11) is -3.20. The van der Waals surface area contributed by atoms with Gasteiger partial charge in [-0.15, -0.1) is 0 Å². The van der Waals surface area contributed by atoms with E-state index in [1.807, 2.05) is 26.0 Å². The molecule has 3 rings (SSSR count). The molecule has 0 unspecified atom stereocenters. The first-order valence-electron chi connectivity index (χ1n) is 10.9. The number of pyridine rings is 1. The van der Waals surface area contributed by atoms with Crippen molar-refractivity contribution in [3.63, 3.8) is 0 Å². The molecule has 0 saturated carbocycles. The molecule has 0 atom stereocenters. The highest BCUT2D eigenvalue weighted by Crippen LogP contribution is 2.18. The fourth-order valence-electron chi connectivity index (χ4n) is 3.68. The van der Waals surface area contributed by atoms with Gasteiger partial charge in [-0.25, -0.2) is 8.42 Å². The van der Waals surface area contributed by atoms with E-state index in [1.54, 1.807) is 24.3 Å². The molecule has 2 aromatic rings. The van der Waals surface area contributed by atoms with Gasteiger partial charge in [0.15, 0.2) is 0 Å². The maximum atomic E-state index is 12.4. The normalized spacial score (nSPS) is 15.7. The molecule has 1 saturated heterocycles. The molecule has 1 amide bonds. The number of nitrogens with zero attached hydrogens (tertiary/aromatic N) is 4. The second-order valence-corrected chi connectivity index (χ2v) is 11.1. The highest BCUT2D eigenvalue weighted by Gasteiger charge is 2.29. The molecule has 1 aromatic carbocycles. The van der Waals surface area contributed by atoms with Crippen LogP contribution in [0.2, 0.25) is 0 Å². The molecule has 1 N–H and O–H groups in total. The van der Waals surface area contributed by atoms with E-state index in [1.165, 1.54) is 5.01 Å². The van der Waals surface area contributed by atoms with Crippen molar-refractivity contribution in [2.45, 2.75) is 46.0 Å². The van der Waals surface area contributed by atoms with Gasteiger partial charge < -0.3 is 0 Å². The summed E-state index contributed by atoms with van der Waals surface area (Å²) in [5.41, 5.74) is 8.08. The summed E-state index contributed by atoms with van der Waals surface area (Å²) < 4.78 is 26.4. The molecule has 0 radical (unpaired) electrons. The van der Waals surface area contributed by atoms with E-state index in [9.17, 15) is 13.2 Å². The predicted molar refractivity (Wildman–Crippen MR) is 126 cm³/mol. The van der Waals surface area contributed by atoms with Gasteiger partial charge in [0.1, 0.15) is 0 Å². The average molecular weight is 460 g/mol. The first kappa shape index (κ1) is 24.2. The van der Waals surface area contributed by atoms with Crippen LogP contribution in [0.1, 0.15) is 36.2 Å². The number of aryl methyl sites for hydroxylation is 2. The van der Waals surface area contributed by atoms with Crippen LogP contribution in [0.15, 0.2) is 36.5 Å². The standard InChI is InChI=1S/C23H33N5O3S/c1-18(2)32(30,31)28-11-9-26(10-12-28)15-21-7-5-19(3)22(13-21)16-27(17-29)25-23-8-6-20(4)24-14-23/h5-8,13-14,17-18,25H,9-12,15-16H2,1-4H3. The molecule has 1 aliphatic heterocycles.